The van der Waals surface area contributed by atoms with Crippen LogP contribution in [0.5, 0.6) is 0 Å². The Morgan fingerprint density at radius 3 is 2.40 bits per heavy atom. The number of carbonyl (C=O) groups is 1. The smallest absolute Gasteiger partial charge is 0.222 e. The van der Waals surface area contributed by atoms with E-state index in [4.69, 9.17) is 5.73 Å². The summed E-state index contributed by atoms with van der Waals surface area (Å²) >= 11 is 0. The molecule has 1 rings (SSSR count). The molecule has 1 aliphatic heterocycles. The van der Waals surface area contributed by atoms with Gasteiger partial charge >= 0.3 is 0 Å². The summed E-state index contributed by atoms with van der Waals surface area (Å²) in [5.41, 5.74) is 5.53. The molecule has 3 unspecified atom stereocenters. The van der Waals surface area contributed by atoms with E-state index in [-0.39, 0.29) is 5.91 Å². The third-order valence-corrected chi connectivity index (χ3v) is 3.15. The number of rotatable bonds is 3. The van der Waals surface area contributed by atoms with Crippen molar-refractivity contribution in [2.75, 3.05) is 19.6 Å². The Balaban J connectivity index is 2.44. The first kappa shape index (κ1) is 12.5. The van der Waals surface area contributed by atoms with Crippen molar-refractivity contribution in [3.05, 3.63) is 0 Å². The summed E-state index contributed by atoms with van der Waals surface area (Å²) in [5, 5.41) is 0. The Bertz CT molecular complexity index is 208. The summed E-state index contributed by atoms with van der Waals surface area (Å²) in [6.07, 6.45) is 1.85. The minimum atomic E-state index is 0.284. The molecule has 1 aliphatic rings. The highest BCUT2D eigenvalue weighted by molar-refractivity contribution is 5.76. The molecule has 2 N–H and O–H groups in total. The largest absolute Gasteiger partial charge is 0.342 e. The summed E-state index contributed by atoms with van der Waals surface area (Å²) < 4.78 is 0. The van der Waals surface area contributed by atoms with E-state index in [0.29, 0.717) is 30.7 Å². The number of piperidine rings is 1. The van der Waals surface area contributed by atoms with Crippen LogP contribution in [0.1, 0.15) is 33.6 Å². The molecular formula is C12H24N2O. The Morgan fingerprint density at radius 2 is 1.93 bits per heavy atom. The predicted octanol–water partition coefficient (Wildman–Crippen LogP) is 1.48. The van der Waals surface area contributed by atoms with Crippen LogP contribution in [0.2, 0.25) is 0 Å². The van der Waals surface area contributed by atoms with Crippen molar-refractivity contribution in [3.63, 3.8) is 0 Å². The number of nitrogens with zero attached hydrogens (tertiary/aromatic N) is 1. The van der Waals surface area contributed by atoms with Crippen LogP contribution in [-0.2, 0) is 4.79 Å². The number of hydrogen-bond donors (Lipinski definition) is 1. The van der Waals surface area contributed by atoms with Gasteiger partial charge in [0.05, 0.1) is 0 Å². The number of carbonyl (C=O) groups excluding carboxylic acids is 1. The maximum absolute atomic E-state index is 11.9. The first-order valence-corrected chi connectivity index (χ1v) is 6.00. The fourth-order valence-electron chi connectivity index (χ4n) is 2.38. The van der Waals surface area contributed by atoms with Gasteiger partial charge in [-0.15, -0.1) is 0 Å². The van der Waals surface area contributed by atoms with Gasteiger partial charge in [0.1, 0.15) is 0 Å². The van der Waals surface area contributed by atoms with Crippen LogP contribution in [0.4, 0.5) is 0 Å². The van der Waals surface area contributed by atoms with Gasteiger partial charge < -0.3 is 10.6 Å². The van der Waals surface area contributed by atoms with Crippen LogP contribution in [0.15, 0.2) is 0 Å². The molecule has 0 aromatic carbocycles. The summed E-state index contributed by atoms with van der Waals surface area (Å²) in [6, 6.07) is 0. The first-order chi connectivity index (χ1) is 7.02. The highest BCUT2D eigenvalue weighted by Crippen LogP contribution is 2.21. The third-order valence-electron chi connectivity index (χ3n) is 3.15. The molecule has 88 valence electrons. The van der Waals surface area contributed by atoms with Gasteiger partial charge in [0.25, 0.3) is 0 Å². The second kappa shape index (κ2) is 5.50. The summed E-state index contributed by atoms with van der Waals surface area (Å²) in [4.78, 5) is 13.9. The Labute approximate surface area is 93.0 Å². The fourth-order valence-corrected chi connectivity index (χ4v) is 2.38. The quantitative estimate of drug-likeness (QED) is 0.770. The first-order valence-electron chi connectivity index (χ1n) is 6.00. The van der Waals surface area contributed by atoms with Crippen LogP contribution >= 0.6 is 0 Å². The zero-order valence-corrected chi connectivity index (χ0v) is 10.2. The monoisotopic (exact) mass is 212 g/mol. The van der Waals surface area contributed by atoms with E-state index in [1.165, 1.54) is 6.42 Å². The molecule has 0 aromatic heterocycles. The van der Waals surface area contributed by atoms with Crippen molar-refractivity contribution in [1.82, 2.24) is 4.90 Å². The van der Waals surface area contributed by atoms with Gasteiger partial charge in [-0.3, -0.25) is 4.79 Å². The molecule has 1 saturated heterocycles. The van der Waals surface area contributed by atoms with Gasteiger partial charge in [0.15, 0.2) is 0 Å². The summed E-state index contributed by atoms with van der Waals surface area (Å²) in [5.74, 6) is 1.88. The lowest BCUT2D eigenvalue weighted by Gasteiger charge is -2.35. The van der Waals surface area contributed by atoms with Crippen LogP contribution < -0.4 is 5.73 Å². The molecule has 3 heteroatoms. The minimum Gasteiger partial charge on any atom is -0.342 e. The van der Waals surface area contributed by atoms with E-state index < -0.39 is 0 Å². The van der Waals surface area contributed by atoms with Crippen molar-refractivity contribution in [3.8, 4) is 0 Å². The molecule has 0 spiro atoms. The van der Waals surface area contributed by atoms with Crippen LogP contribution in [0.3, 0.4) is 0 Å². The molecular weight excluding hydrogens is 188 g/mol. The molecule has 3 nitrogen and oxygen atoms in total. The maximum Gasteiger partial charge on any atom is 0.222 e. The second-order valence-electron chi connectivity index (χ2n) is 5.29. The molecule has 0 bridgehead atoms. The highest BCUT2D eigenvalue weighted by atomic mass is 16.2. The lowest BCUT2D eigenvalue weighted by molar-refractivity contribution is -0.134. The van der Waals surface area contributed by atoms with Gasteiger partial charge in [-0.1, -0.05) is 20.8 Å². The third kappa shape index (κ3) is 3.82. The standard InChI is InChI=1S/C12H24N2O/c1-9(6-13)5-12(15)14-7-10(2)4-11(3)8-14/h9-11H,4-8,13H2,1-3H3. The molecule has 0 radical (unpaired) electrons. The number of hydrogen-bond acceptors (Lipinski definition) is 2. The van der Waals surface area contributed by atoms with E-state index in [2.05, 4.69) is 13.8 Å². The number of amides is 1. The van der Waals surface area contributed by atoms with Crippen LogP contribution in [-0.4, -0.2) is 30.4 Å². The van der Waals surface area contributed by atoms with E-state index in [1.54, 1.807) is 0 Å². The molecule has 1 heterocycles. The maximum atomic E-state index is 11.9. The number of nitrogens with two attached hydrogens (primary N) is 1. The minimum absolute atomic E-state index is 0.284. The van der Waals surface area contributed by atoms with E-state index in [1.807, 2.05) is 11.8 Å². The normalized spacial score (nSPS) is 28.9. The average molecular weight is 212 g/mol. The molecule has 0 aromatic rings. The van der Waals surface area contributed by atoms with Crippen LogP contribution in [0, 0.1) is 17.8 Å². The van der Waals surface area contributed by atoms with E-state index in [0.717, 1.165) is 13.1 Å². The van der Waals surface area contributed by atoms with Gasteiger partial charge in [-0.25, -0.2) is 0 Å². The lowest BCUT2D eigenvalue weighted by atomic mass is 9.91. The van der Waals surface area contributed by atoms with Gasteiger partial charge in [-0.2, -0.15) is 0 Å². The van der Waals surface area contributed by atoms with Crippen molar-refractivity contribution in [1.29, 1.82) is 0 Å². The predicted molar refractivity (Wildman–Crippen MR) is 62.4 cm³/mol. The van der Waals surface area contributed by atoms with Crippen molar-refractivity contribution >= 4 is 5.91 Å². The zero-order valence-electron chi connectivity index (χ0n) is 10.2. The molecule has 3 atom stereocenters. The molecule has 0 saturated carbocycles. The van der Waals surface area contributed by atoms with Gasteiger partial charge in [-0.05, 0) is 30.7 Å². The van der Waals surface area contributed by atoms with Crippen molar-refractivity contribution in [2.45, 2.75) is 33.6 Å². The number of likely N-dealkylation sites (tertiary alicyclic amines) is 1. The molecule has 1 amide bonds. The Morgan fingerprint density at radius 1 is 1.40 bits per heavy atom. The van der Waals surface area contributed by atoms with E-state index >= 15 is 0 Å². The molecule has 1 fully saturated rings. The molecule has 15 heavy (non-hydrogen) atoms. The molecule has 0 aliphatic carbocycles. The topological polar surface area (TPSA) is 46.3 Å². The summed E-state index contributed by atoms with van der Waals surface area (Å²) in [6.45, 7) is 8.95. The zero-order chi connectivity index (χ0) is 11.4. The lowest BCUT2D eigenvalue weighted by Crippen LogP contribution is -2.43. The second-order valence-corrected chi connectivity index (χ2v) is 5.29. The summed E-state index contributed by atoms with van der Waals surface area (Å²) in [7, 11) is 0. The fraction of sp³-hybridized carbons (Fsp3) is 0.917. The van der Waals surface area contributed by atoms with Gasteiger partial charge in [0, 0.05) is 19.5 Å². The Hall–Kier alpha value is -0.570. The highest BCUT2D eigenvalue weighted by Gasteiger charge is 2.25. The van der Waals surface area contributed by atoms with Crippen molar-refractivity contribution in [2.24, 2.45) is 23.5 Å². The SMILES string of the molecule is CC(CN)CC(=O)N1CC(C)CC(C)C1. The van der Waals surface area contributed by atoms with Crippen LogP contribution in [0.25, 0.3) is 0 Å². The van der Waals surface area contributed by atoms with Crippen molar-refractivity contribution < 1.29 is 4.79 Å². The van der Waals surface area contributed by atoms with E-state index in [9.17, 15) is 4.79 Å². The Kier molecular flexibility index (Phi) is 4.58. The average Bonchev–Trinajstić information content (AvgIpc) is 2.16. The van der Waals surface area contributed by atoms with Gasteiger partial charge in [0.2, 0.25) is 5.91 Å².